The van der Waals surface area contributed by atoms with E-state index in [1.54, 1.807) is 13.1 Å². The highest BCUT2D eigenvalue weighted by Gasteiger charge is 2.28. The molecular weight excluding hydrogens is 226 g/mol. The van der Waals surface area contributed by atoms with Gasteiger partial charge in [-0.1, -0.05) is 0 Å². The van der Waals surface area contributed by atoms with Gasteiger partial charge in [0.15, 0.2) is 0 Å². The van der Waals surface area contributed by atoms with Gasteiger partial charge in [-0.15, -0.1) is 0 Å². The van der Waals surface area contributed by atoms with Crippen LogP contribution in [0.5, 0.6) is 0 Å². The zero-order valence-electron chi connectivity index (χ0n) is 9.51. The highest BCUT2D eigenvalue weighted by Crippen LogP contribution is 2.16. The van der Waals surface area contributed by atoms with Gasteiger partial charge in [0.25, 0.3) is 0 Å². The van der Waals surface area contributed by atoms with E-state index < -0.39 is 25.4 Å². The van der Waals surface area contributed by atoms with Gasteiger partial charge in [-0.2, -0.15) is 9.97 Å². The summed E-state index contributed by atoms with van der Waals surface area (Å²) in [7, 11) is 1.67. The van der Waals surface area contributed by atoms with E-state index in [0.717, 1.165) is 0 Å². The summed E-state index contributed by atoms with van der Waals surface area (Å²) >= 11 is 0. The van der Waals surface area contributed by atoms with Gasteiger partial charge in [-0.3, -0.25) is 0 Å². The van der Waals surface area contributed by atoms with Crippen LogP contribution in [0, 0.1) is 0 Å². The van der Waals surface area contributed by atoms with Gasteiger partial charge >= 0.3 is 0 Å². The Morgan fingerprint density at radius 2 is 1.71 bits per heavy atom. The van der Waals surface area contributed by atoms with Gasteiger partial charge in [0.1, 0.15) is 17.2 Å². The molecule has 0 spiro atoms. The van der Waals surface area contributed by atoms with Crippen LogP contribution in [-0.2, 0) is 0 Å². The average Bonchev–Trinajstić information content (AvgIpc) is 2.35. The fourth-order valence-corrected chi connectivity index (χ4v) is 1.20. The number of aliphatic hydroxyl groups excluding tert-OH is 3. The molecule has 1 rings (SSSR count). The molecule has 1 aromatic rings. The Hall–Kier alpha value is -1.64. The van der Waals surface area contributed by atoms with Crippen molar-refractivity contribution in [2.24, 2.45) is 0 Å². The summed E-state index contributed by atoms with van der Waals surface area (Å²) in [6, 6.07) is 1.55. The molecule has 0 bridgehead atoms. The van der Waals surface area contributed by atoms with Crippen LogP contribution in [0.25, 0.3) is 0 Å². The van der Waals surface area contributed by atoms with Gasteiger partial charge in [0.05, 0.1) is 19.8 Å². The monoisotopic (exact) mass is 243 g/mol. The third-order valence-electron chi connectivity index (χ3n) is 2.30. The molecule has 0 atom stereocenters. The molecule has 8 heteroatoms. The van der Waals surface area contributed by atoms with E-state index in [9.17, 15) is 0 Å². The number of aliphatic hydroxyl groups is 3. The molecule has 8 nitrogen and oxygen atoms in total. The maximum Gasteiger partial charge on any atom is 0.223 e. The minimum Gasteiger partial charge on any atom is -0.394 e. The molecule has 0 amide bonds. The maximum atomic E-state index is 9.16. The molecule has 0 aromatic carbocycles. The topological polar surface area (TPSA) is 137 Å². The molecule has 0 aliphatic rings. The van der Waals surface area contributed by atoms with E-state index in [4.69, 9.17) is 21.1 Å². The predicted molar refractivity (Wildman–Crippen MR) is 63.6 cm³/mol. The minimum atomic E-state index is -1.24. The molecular formula is C9H17N5O3. The lowest BCUT2D eigenvalue weighted by atomic mass is 10.0. The molecule has 1 heterocycles. The Balaban J connectivity index is 2.96. The van der Waals surface area contributed by atoms with Crippen LogP contribution < -0.4 is 16.4 Å². The van der Waals surface area contributed by atoms with Gasteiger partial charge in [-0.25, -0.2) is 0 Å². The lowest BCUT2D eigenvalue weighted by Crippen LogP contribution is -2.49. The van der Waals surface area contributed by atoms with Crippen molar-refractivity contribution in [1.29, 1.82) is 0 Å². The van der Waals surface area contributed by atoms with Crippen molar-refractivity contribution in [3.8, 4) is 0 Å². The van der Waals surface area contributed by atoms with Crippen molar-refractivity contribution in [3.63, 3.8) is 0 Å². The minimum absolute atomic E-state index is 0.0436. The third kappa shape index (κ3) is 3.16. The zero-order chi connectivity index (χ0) is 12.9. The first kappa shape index (κ1) is 13.4. The molecule has 0 aliphatic carbocycles. The summed E-state index contributed by atoms with van der Waals surface area (Å²) in [6.07, 6.45) is 0. The number of nitrogens with two attached hydrogens (primary N) is 1. The van der Waals surface area contributed by atoms with Crippen molar-refractivity contribution in [2.75, 3.05) is 43.2 Å². The summed E-state index contributed by atoms with van der Waals surface area (Å²) in [5.41, 5.74) is 4.24. The van der Waals surface area contributed by atoms with Gasteiger partial charge < -0.3 is 31.7 Å². The van der Waals surface area contributed by atoms with Gasteiger partial charge in [0, 0.05) is 13.1 Å². The SMILES string of the molecule is CNc1cc(NC(CO)(CO)CO)nc(N)n1. The molecule has 7 N–H and O–H groups in total. The molecule has 0 unspecified atom stereocenters. The number of aromatic nitrogens is 2. The summed E-state index contributed by atoms with van der Waals surface area (Å²) < 4.78 is 0. The molecule has 0 fully saturated rings. The normalized spacial score (nSPS) is 11.3. The van der Waals surface area contributed by atoms with E-state index in [2.05, 4.69) is 20.6 Å². The molecule has 0 saturated heterocycles. The summed E-state index contributed by atoms with van der Waals surface area (Å²) in [5, 5.41) is 33.0. The maximum absolute atomic E-state index is 9.16. The van der Waals surface area contributed by atoms with Crippen LogP contribution in [0.3, 0.4) is 0 Å². The molecule has 0 saturated carbocycles. The van der Waals surface area contributed by atoms with Crippen LogP contribution >= 0.6 is 0 Å². The number of nitrogens with zero attached hydrogens (tertiary/aromatic N) is 2. The number of nitrogen functional groups attached to an aromatic ring is 1. The number of rotatable bonds is 6. The highest BCUT2D eigenvalue weighted by atomic mass is 16.3. The second-order valence-electron chi connectivity index (χ2n) is 3.63. The van der Waals surface area contributed by atoms with Crippen LogP contribution in [0.15, 0.2) is 6.07 Å². The third-order valence-corrected chi connectivity index (χ3v) is 2.30. The van der Waals surface area contributed by atoms with Crippen LogP contribution in [-0.4, -0.2) is 57.7 Å². The Morgan fingerprint density at radius 3 is 2.18 bits per heavy atom. The second kappa shape index (κ2) is 5.62. The lowest BCUT2D eigenvalue weighted by Gasteiger charge is -2.29. The quantitative estimate of drug-likeness (QED) is 0.345. The highest BCUT2D eigenvalue weighted by molar-refractivity contribution is 5.52. The second-order valence-corrected chi connectivity index (χ2v) is 3.63. The fraction of sp³-hybridized carbons (Fsp3) is 0.556. The first-order valence-electron chi connectivity index (χ1n) is 5.02. The van der Waals surface area contributed by atoms with E-state index in [1.807, 2.05) is 0 Å². The molecule has 1 aromatic heterocycles. The van der Waals surface area contributed by atoms with Gasteiger partial charge in [-0.05, 0) is 0 Å². The standard InChI is InChI=1S/C9H17N5O3/c1-11-6-2-7(13-8(10)12-6)14-9(3-15,4-16)5-17/h2,15-17H,3-5H2,1H3,(H4,10,11,12,13,14). The average molecular weight is 243 g/mol. The van der Waals surface area contributed by atoms with E-state index in [-0.39, 0.29) is 5.95 Å². The van der Waals surface area contributed by atoms with E-state index in [0.29, 0.717) is 11.6 Å². The fourth-order valence-electron chi connectivity index (χ4n) is 1.20. The number of anilines is 3. The number of hydrogen-bond acceptors (Lipinski definition) is 8. The Bertz CT molecular complexity index is 361. The molecule has 96 valence electrons. The zero-order valence-corrected chi connectivity index (χ0v) is 9.51. The van der Waals surface area contributed by atoms with Gasteiger partial charge in [0.2, 0.25) is 5.95 Å². The van der Waals surface area contributed by atoms with E-state index >= 15 is 0 Å². The largest absolute Gasteiger partial charge is 0.394 e. The predicted octanol–water partition coefficient (Wildman–Crippen LogP) is -1.77. The molecule has 0 radical (unpaired) electrons. The van der Waals surface area contributed by atoms with Crippen LogP contribution in [0.2, 0.25) is 0 Å². The molecule has 17 heavy (non-hydrogen) atoms. The number of hydrogen-bond donors (Lipinski definition) is 6. The Morgan fingerprint density at radius 1 is 1.18 bits per heavy atom. The van der Waals surface area contributed by atoms with Crippen molar-refractivity contribution in [3.05, 3.63) is 6.07 Å². The van der Waals surface area contributed by atoms with Crippen molar-refractivity contribution < 1.29 is 15.3 Å². The van der Waals surface area contributed by atoms with Crippen molar-refractivity contribution in [1.82, 2.24) is 9.97 Å². The smallest absolute Gasteiger partial charge is 0.223 e. The van der Waals surface area contributed by atoms with Crippen molar-refractivity contribution in [2.45, 2.75) is 5.54 Å². The summed E-state index contributed by atoms with van der Waals surface area (Å²) in [5.74, 6) is 0.837. The summed E-state index contributed by atoms with van der Waals surface area (Å²) in [4.78, 5) is 7.78. The molecule has 0 aliphatic heterocycles. The first-order valence-corrected chi connectivity index (χ1v) is 5.02. The Kier molecular flexibility index (Phi) is 4.44. The lowest BCUT2D eigenvalue weighted by molar-refractivity contribution is 0.0831. The Labute approximate surface area is 98.5 Å². The van der Waals surface area contributed by atoms with Crippen molar-refractivity contribution >= 4 is 17.6 Å². The first-order chi connectivity index (χ1) is 8.09. The van der Waals surface area contributed by atoms with E-state index in [1.165, 1.54) is 0 Å². The van der Waals surface area contributed by atoms with Crippen LogP contribution in [0.4, 0.5) is 17.6 Å². The van der Waals surface area contributed by atoms with Crippen LogP contribution in [0.1, 0.15) is 0 Å². The number of nitrogens with one attached hydrogen (secondary N) is 2. The summed E-state index contributed by atoms with van der Waals surface area (Å²) in [6.45, 7) is -1.34.